The Morgan fingerprint density at radius 3 is 2.51 bits per heavy atom. The first-order chi connectivity index (χ1) is 16.9. The van der Waals surface area contributed by atoms with Crippen molar-refractivity contribution in [3.8, 4) is 17.7 Å². The lowest BCUT2D eigenvalue weighted by molar-refractivity contribution is -0.117. The Morgan fingerprint density at radius 1 is 1.17 bits per heavy atom. The lowest BCUT2D eigenvalue weighted by atomic mass is 10.1. The highest BCUT2D eigenvalue weighted by atomic mass is 79.9. The zero-order valence-electron chi connectivity index (χ0n) is 19.7. The highest BCUT2D eigenvalue weighted by Crippen LogP contribution is 2.29. The molecule has 1 aliphatic rings. The van der Waals surface area contributed by atoms with Gasteiger partial charge in [0.1, 0.15) is 5.75 Å². The number of nitrogens with one attached hydrogen (secondary N) is 2. The van der Waals surface area contributed by atoms with Gasteiger partial charge in [-0.25, -0.2) is 4.98 Å². The third-order valence-corrected chi connectivity index (χ3v) is 6.37. The number of likely N-dealkylation sites (tertiary alicyclic amines) is 1. The molecule has 2 aromatic carbocycles. The summed E-state index contributed by atoms with van der Waals surface area (Å²) in [6, 6.07) is 15.3. The van der Waals surface area contributed by atoms with Gasteiger partial charge >= 0.3 is 0 Å². The number of halogens is 1. The van der Waals surface area contributed by atoms with Crippen molar-refractivity contribution < 1.29 is 9.53 Å². The van der Waals surface area contributed by atoms with Gasteiger partial charge in [-0.3, -0.25) is 9.69 Å². The van der Waals surface area contributed by atoms with Gasteiger partial charge in [0, 0.05) is 41.6 Å². The lowest BCUT2D eigenvalue weighted by Gasteiger charge is -2.31. The first-order valence-electron chi connectivity index (χ1n) is 11.5. The van der Waals surface area contributed by atoms with Crippen molar-refractivity contribution in [3.63, 3.8) is 0 Å². The van der Waals surface area contributed by atoms with Gasteiger partial charge in [-0.2, -0.15) is 10.2 Å². The Balaban J connectivity index is 1.28. The number of benzene rings is 2. The standard InChI is InChI=1S/C26H27BrN6O2/c1-17-13-19(15-28)14-18(2)25(17)35-24-7-10-29-26(32-24)31-22-8-11-33(12-9-22)16-23(34)30-21-5-3-20(27)4-6-21/h3-7,10,13-14,22H,8-9,11-12,16H2,1-2H3,(H,30,34)(H,29,31,32). The minimum Gasteiger partial charge on any atom is -0.438 e. The number of anilines is 2. The van der Waals surface area contributed by atoms with Crippen molar-refractivity contribution in [1.29, 1.82) is 5.26 Å². The molecule has 1 saturated heterocycles. The molecule has 0 saturated carbocycles. The summed E-state index contributed by atoms with van der Waals surface area (Å²) in [7, 11) is 0. The molecule has 180 valence electrons. The third-order valence-electron chi connectivity index (χ3n) is 5.84. The van der Waals surface area contributed by atoms with E-state index in [1.165, 1.54) is 0 Å². The molecular formula is C26H27BrN6O2. The summed E-state index contributed by atoms with van der Waals surface area (Å²) in [5, 5.41) is 15.5. The monoisotopic (exact) mass is 534 g/mol. The number of carbonyl (C=O) groups is 1. The first-order valence-corrected chi connectivity index (χ1v) is 12.3. The van der Waals surface area contributed by atoms with E-state index < -0.39 is 0 Å². The number of carbonyl (C=O) groups excluding carboxylic acids is 1. The second-order valence-electron chi connectivity index (χ2n) is 8.62. The number of rotatable bonds is 7. The van der Waals surface area contributed by atoms with Crippen molar-refractivity contribution >= 4 is 33.5 Å². The van der Waals surface area contributed by atoms with Crippen LogP contribution >= 0.6 is 15.9 Å². The van der Waals surface area contributed by atoms with Gasteiger partial charge in [0.15, 0.2) is 0 Å². The molecule has 4 rings (SSSR count). The molecule has 1 amide bonds. The van der Waals surface area contributed by atoms with E-state index in [2.05, 4.69) is 47.5 Å². The number of ether oxygens (including phenoxy) is 1. The van der Waals surface area contributed by atoms with E-state index in [0.29, 0.717) is 29.7 Å². The number of hydrogen-bond donors (Lipinski definition) is 2. The summed E-state index contributed by atoms with van der Waals surface area (Å²) in [6.07, 6.45) is 3.43. The van der Waals surface area contributed by atoms with Crippen LogP contribution in [0.3, 0.4) is 0 Å². The normalized spacial score (nSPS) is 14.2. The van der Waals surface area contributed by atoms with Crippen LogP contribution in [0.2, 0.25) is 0 Å². The molecule has 1 aliphatic heterocycles. The van der Waals surface area contributed by atoms with Gasteiger partial charge in [-0.05, 0) is 74.2 Å². The van der Waals surface area contributed by atoms with Crippen LogP contribution in [0.1, 0.15) is 29.5 Å². The van der Waals surface area contributed by atoms with Crippen molar-refractivity contribution in [2.24, 2.45) is 0 Å². The molecule has 0 radical (unpaired) electrons. The number of aromatic nitrogens is 2. The van der Waals surface area contributed by atoms with Gasteiger partial charge in [0.2, 0.25) is 17.7 Å². The molecule has 2 heterocycles. The average molecular weight is 535 g/mol. The minimum absolute atomic E-state index is 0.0136. The lowest BCUT2D eigenvalue weighted by Crippen LogP contribution is -2.42. The van der Waals surface area contributed by atoms with Gasteiger partial charge < -0.3 is 15.4 Å². The van der Waals surface area contributed by atoms with Crippen molar-refractivity contribution in [2.45, 2.75) is 32.7 Å². The molecule has 0 atom stereocenters. The van der Waals surface area contributed by atoms with E-state index in [1.807, 2.05) is 38.1 Å². The van der Waals surface area contributed by atoms with E-state index in [9.17, 15) is 4.79 Å². The van der Waals surface area contributed by atoms with Gasteiger partial charge in [-0.15, -0.1) is 0 Å². The van der Waals surface area contributed by atoms with E-state index >= 15 is 0 Å². The molecule has 0 bridgehead atoms. The highest BCUT2D eigenvalue weighted by Gasteiger charge is 2.21. The maximum atomic E-state index is 12.4. The van der Waals surface area contributed by atoms with E-state index in [-0.39, 0.29) is 11.9 Å². The molecule has 0 aliphatic carbocycles. The molecule has 0 spiro atoms. The summed E-state index contributed by atoms with van der Waals surface area (Å²) in [4.78, 5) is 23.4. The average Bonchev–Trinajstić information content (AvgIpc) is 2.84. The Labute approximate surface area is 213 Å². The third kappa shape index (κ3) is 6.78. The SMILES string of the molecule is Cc1cc(C#N)cc(C)c1Oc1ccnc(NC2CCN(CC(=O)Nc3ccc(Br)cc3)CC2)n1. The topological polar surface area (TPSA) is 103 Å². The molecule has 1 aromatic heterocycles. The molecular weight excluding hydrogens is 508 g/mol. The smallest absolute Gasteiger partial charge is 0.238 e. The Morgan fingerprint density at radius 2 is 1.86 bits per heavy atom. The molecule has 2 N–H and O–H groups in total. The van der Waals surface area contributed by atoms with Crippen LogP contribution in [-0.2, 0) is 4.79 Å². The Bertz CT molecular complexity index is 1210. The maximum absolute atomic E-state index is 12.4. The Kier molecular flexibility index (Phi) is 7.95. The molecule has 1 fully saturated rings. The van der Waals surface area contributed by atoms with Crippen LogP contribution < -0.4 is 15.4 Å². The molecule has 9 heteroatoms. The van der Waals surface area contributed by atoms with Crippen LogP contribution in [0.25, 0.3) is 0 Å². The summed E-state index contributed by atoms with van der Waals surface area (Å²) < 4.78 is 7.01. The van der Waals surface area contributed by atoms with Gasteiger partial charge in [-0.1, -0.05) is 15.9 Å². The fourth-order valence-electron chi connectivity index (χ4n) is 4.10. The molecule has 0 unspecified atom stereocenters. The van der Waals surface area contributed by atoms with E-state index in [1.54, 1.807) is 24.4 Å². The van der Waals surface area contributed by atoms with Crippen molar-refractivity contribution in [2.75, 3.05) is 30.3 Å². The van der Waals surface area contributed by atoms with Crippen LogP contribution in [0.5, 0.6) is 11.6 Å². The molecule has 3 aromatic rings. The second kappa shape index (κ2) is 11.3. The predicted octanol–water partition coefficient (Wildman–Crippen LogP) is 5.03. The number of nitriles is 1. The quantitative estimate of drug-likeness (QED) is 0.437. The second-order valence-corrected chi connectivity index (χ2v) is 9.54. The number of aryl methyl sites for hydroxylation is 2. The van der Waals surface area contributed by atoms with Crippen LogP contribution in [-0.4, -0.2) is 46.5 Å². The predicted molar refractivity (Wildman–Crippen MR) is 139 cm³/mol. The summed E-state index contributed by atoms with van der Waals surface area (Å²) in [6.45, 7) is 5.81. The Hall–Kier alpha value is -3.48. The molecule has 8 nitrogen and oxygen atoms in total. The number of piperidine rings is 1. The minimum atomic E-state index is -0.0136. The maximum Gasteiger partial charge on any atom is 0.238 e. The molecule has 35 heavy (non-hydrogen) atoms. The number of hydrogen-bond acceptors (Lipinski definition) is 7. The van der Waals surface area contributed by atoms with Crippen molar-refractivity contribution in [3.05, 3.63) is 69.8 Å². The van der Waals surface area contributed by atoms with Crippen LogP contribution in [0.15, 0.2) is 53.1 Å². The first kappa shape index (κ1) is 24.6. The number of nitrogens with zero attached hydrogens (tertiary/aromatic N) is 4. The van der Waals surface area contributed by atoms with Crippen molar-refractivity contribution in [1.82, 2.24) is 14.9 Å². The van der Waals surface area contributed by atoms with Crippen LogP contribution in [0, 0.1) is 25.2 Å². The van der Waals surface area contributed by atoms with Crippen LogP contribution in [0.4, 0.5) is 11.6 Å². The zero-order chi connectivity index (χ0) is 24.8. The fourth-order valence-corrected chi connectivity index (χ4v) is 4.37. The summed E-state index contributed by atoms with van der Waals surface area (Å²) in [5.41, 5.74) is 3.16. The summed E-state index contributed by atoms with van der Waals surface area (Å²) >= 11 is 3.40. The summed E-state index contributed by atoms with van der Waals surface area (Å²) in [5.74, 6) is 1.64. The van der Waals surface area contributed by atoms with E-state index in [0.717, 1.165) is 47.2 Å². The number of amides is 1. The van der Waals surface area contributed by atoms with Gasteiger partial charge in [0.05, 0.1) is 18.2 Å². The fraction of sp³-hybridized carbons (Fsp3) is 0.308. The van der Waals surface area contributed by atoms with E-state index in [4.69, 9.17) is 10.00 Å². The van der Waals surface area contributed by atoms with Gasteiger partial charge in [0.25, 0.3) is 0 Å². The highest BCUT2D eigenvalue weighted by molar-refractivity contribution is 9.10. The largest absolute Gasteiger partial charge is 0.438 e. The zero-order valence-corrected chi connectivity index (χ0v) is 21.3.